The molecule has 0 spiro atoms. The Hall–Kier alpha value is -1.84. The van der Waals surface area contributed by atoms with Crippen LogP contribution in [-0.4, -0.2) is 32.9 Å². The number of aliphatic imine (C=N–C) groups is 1. The first-order chi connectivity index (χ1) is 7.77. The molecule has 0 radical (unpaired) electrons. The van der Waals surface area contributed by atoms with Gasteiger partial charge in [0.2, 0.25) is 0 Å². The first-order valence-corrected chi connectivity index (χ1v) is 4.97. The first kappa shape index (κ1) is 12.2. The molecule has 0 aliphatic heterocycles. The van der Waals surface area contributed by atoms with Gasteiger partial charge in [-0.05, 0) is 12.1 Å². The molecule has 0 bridgehead atoms. The topological polar surface area (TPSA) is 47.9 Å². The standard InChI is InChI=1S/C12H15NO3/c1-15-11-6-4-3-5-10(11)9-13-8-7-12(14)16-2/h3-6,9H,7-8H2,1-2H3. The molecule has 0 fully saturated rings. The smallest absolute Gasteiger partial charge is 0.307 e. The van der Waals surface area contributed by atoms with Gasteiger partial charge in [0.05, 0.1) is 20.6 Å². The molecule has 0 aliphatic rings. The maximum atomic E-state index is 10.8. The molecule has 4 nitrogen and oxygen atoms in total. The highest BCUT2D eigenvalue weighted by molar-refractivity contribution is 5.83. The van der Waals surface area contributed by atoms with Gasteiger partial charge in [-0.2, -0.15) is 0 Å². The Balaban J connectivity index is 2.52. The summed E-state index contributed by atoms with van der Waals surface area (Å²) in [4.78, 5) is 15.0. The Kier molecular flexibility index (Phi) is 5.05. The van der Waals surface area contributed by atoms with Crippen LogP contribution in [0, 0.1) is 0 Å². The zero-order valence-corrected chi connectivity index (χ0v) is 9.47. The monoisotopic (exact) mass is 221 g/mol. The minimum atomic E-state index is -0.253. The summed E-state index contributed by atoms with van der Waals surface area (Å²) in [7, 11) is 2.98. The Bertz CT molecular complexity index is 374. The number of esters is 1. The molecule has 0 heterocycles. The number of carbonyl (C=O) groups is 1. The quantitative estimate of drug-likeness (QED) is 0.561. The van der Waals surface area contributed by atoms with Crippen LogP contribution in [-0.2, 0) is 9.53 Å². The Labute approximate surface area is 94.9 Å². The summed E-state index contributed by atoms with van der Waals surface area (Å²) >= 11 is 0. The van der Waals surface area contributed by atoms with Gasteiger partial charge in [0.25, 0.3) is 0 Å². The minimum Gasteiger partial charge on any atom is -0.496 e. The van der Waals surface area contributed by atoms with Gasteiger partial charge >= 0.3 is 5.97 Å². The van der Waals surface area contributed by atoms with Crippen LogP contribution in [0.4, 0.5) is 0 Å². The van der Waals surface area contributed by atoms with Gasteiger partial charge in [0.1, 0.15) is 5.75 Å². The predicted octanol–water partition coefficient (Wildman–Crippen LogP) is 1.68. The van der Waals surface area contributed by atoms with Crippen LogP contribution in [0.3, 0.4) is 0 Å². The Morgan fingerprint density at radius 2 is 2.12 bits per heavy atom. The van der Waals surface area contributed by atoms with E-state index < -0.39 is 0 Å². The summed E-state index contributed by atoms with van der Waals surface area (Å²) in [5, 5.41) is 0. The number of para-hydroxylation sites is 1. The van der Waals surface area contributed by atoms with Gasteiger partial charge < -0.3 is 9.47 Å². The fraction of sp³-hybridized carbons (Fsp3) is 0.333. The molecule has 1 aromatic rings. The van der Waals surface area contributed by atoms with Crippen molar-refractivity contribution in [2.24, 2.45) is 4.99 Å². The number of carbonyl (C=O) groups excluding carboxylic acids is 1. The van der Waals surface area contributed by atoms with Crippen LogP contribution in [0.15, 0.2) is 29.3 Å². The van der Waals surface area contributed by atoms with E-state index in [2.05, 4.69) is 9.73 Å². The molecule has 0 saturated heterocycles. The fourth-order valence-electron chi connectivity index (χ4n) is 1.19. The van der Waals surface area contributed by atoms with E-state index in [1.165, 1.54) is 7.11 Å². The van der Waals surface area contributed by atoms with E-state index in [4.69, 9.17) is 4.74 Å². The number of methoxy groups -OCH3 is 2. The molecule has 0 aromatic heterocycles. The van der Waals surface area contributed by atoms with Gasteiger partial charge in [0.15, 0.2) is 0 Å². The molecule has 0 saturated carbocycles. The third-order valence-electron chi connectivity index (χ3n) is 2.04. The lowest BCUT2D eigenvalue weighted by Gasteiger charge is -2.02. The molecule has 86 valence electrons. The van der Waals surface area contributed by atoms with Crippen molar-refractivity contribution in [3.8, 4) is 5.75 Å². The van der Waals surface area contributed by atoms with Gasteiger partial charge in [0, 0.05) is 18.3 Å². The molecule has 0 unspecified atom stereocenters. The number of nitrogens with zero attached hydrogens (tertiary/aromatic N) is 1. The third kappa shape index (κ3) is 3.73. The van der Waals surface area contributed by atoms with Crippen molar-refractivity contribution in [3.05, 3.63) is 29.8 Å². The molecule has 0 aliphatic carbocycles. The number of hydrogen-bond donors (Lipinski definition) is 0. The average Bonchev–Trinajstić information content (AvgIpc) is 2.34. The lowest BCUT2D eigenvalue weighted by Crippen LogP contribution is -2.01. The van der Waals surface area contributed by atoms with Gasteiger partial charge in [-0.3, -0.25) is 9.79 Å². The Morgan fingerprint density at radius 1 is 1.38 bits per heavy atom. The van der Waals surface area contributed by atoms with Gasteiger partial charge in [-0.15, -0.1) is 0 Å². The fourth-order valence-corrected chi connectivity index (χ4v) is 1.19. The molecule has 4 heteroatoms. The van der Waals surface area contributed by atoms with Crippen LogP contribution >= 0.6 is 0 Å². The zero-order chi connectivity index (χ0) is 11.8. The maximum absolute atomic E-state index is 10.8. The van der Waals surface area contributed by atoms with E-state index in [1.54, 1.807) is 13.3 Å². The molecule has 1 aromatic carbocycles. The van der Waals surface area contributed by atoms with Crippen molar-refractivity contribution >= 4 is 12.2 Å². The highest BCUT2D eigenvalue weighted by Gasteiger charge is 1.99. The van der Waals surface area contributed by atoms with Crippen molar-refractivity contribution in [2.45, 2.75) is 6.42 Å². The highest BCUT2D eigenvalue weighted by Crippen LogP contribution is 2.14. The van der Waals surface area contributed by atoms with Crippen molar-refractivity contribution < 1.29 is 14.3 Å². The van der Waals surface area contributed by atoms with Crippen molar-refractivity contribution in [1.82, 2.24) is 0 Å². The first-order valence-electron chi connectivity index (χ1n) is 4.97. The number of rotatable bonds is 5. The minimum absolute atomic E-state index is 0.253. The van der Waals surface area contributed by atoms with E-state index in [0.717, 1.165) is 11.3 Å². The lowest BCUT2D eigenvalue weighted by molar-refractivity contribution is -0.140. The maximum Gasteiger partial charge on any atom is 0.307 e. The SMILES string of the molecule is COC(=O)CCN=Cc1ccccc1OC. The summed E-state index contributed by atoms with van der Waals surface area (Å²) in [5.74, 6) is 0.515. The summed E-state index contributed by atoms with van der Waals surface area (Å²) in [5.41, 5.74) is 0.898. The van der Waals surface area contributed by atoms with Crippen molar-refractivity contribution in [3.63, 3.8) is 0 Å². The number of benzene rings is 1. The van der Waals surface area contributed by atoms with E-state index in [0.29, 0.717) is 13.0 Å². The molecule has 0 atom stereocenters. The number of ether oxygens (including phenoxy) is 2. The number of hydrogen-bond acceptors (Lipinski definition) is 4. The van der Waals surface area contributed by atoms with Crippen molar-refractivity contribution in [2.75, 3.05) is 20.8 Å². The molecular weight excluding hydrogens is 206 g/mol. The largest absolute Gasteiger partial charge is 0.496 e. The molecule has 0 N–H and O–H groups in total. The molecular formula is C12H15NO3. The zero-order valence-electron chi connectivity index (χ0n) is 9.47. The summed E-state index contributed by atoms with van der Waals surface area (Å²) in [6.45, 7) is 0.421. The van der Waals surface area contributed by atoms with E-state index in [1.807, 2.05) is 24.3 Å². The Morgan fingerprint density at radius 3 is 2.81 bits per heavy atom. The second-order valence-corrected chi connectivity index (χ2v) is 3.10. The highest BCUT2D eigenvalue weighted by atomic mass is 16.5. The van der Waals surface area contributed by atoms with E-state index in [9.17, 15) is 4.79 Å². The van der Waals surface area contributed by atoms with Crippen LogP contribution in [0.1, 0.15) is 12.0 Å². The molecule has 1 rings (SSSR count). The van der Waals surface area contributed by atoms with E-state index in [-0.39, 0.29) is 5.97 Å². The van der Waals surface area contributed by atoms with Crippen molar-refractivity contribution in [1.29, 1.82) is 0 Å². The van der Waals surface area contributed by atoms with Crippen LogP contribution in [0.5, 0.6) is 5.75 Å². The normalized spacial score (nSPS) is 10.4. The molecule has 16 heavy (non-hydrogen) atoms. The second kappa shape index (κ2) is 6.61. The molecule has 0 amide bonds. The summed E-state index contributed by atoms with van der Waals surface area (Å²) in [6, 6.07) is 7.57. The lowest BCUT2D eigenvalue weighted by atomic mass is 10.2. The predicted molar refractivity (Wildman–Crippen MR) is 62.1 cm³/mol. The second-order valence-electron chi connectivity index (χ2n) is 3.10. The van der Waals surface area contributed by atoms with E-state index >= 15 is 0 Å². The van der Waals surface area contributed by atoms with Crippen LogP contribution < -0.4 is 4.74 Å². The van der Waals surface area contributed by atoms with Crippen LogP contribution in [0.2, 0.25) is 0 Å². The summed E-state index contributed by atoms with van der Waals surface area (Å²) in [6.07, 6.45) is 1.99. The average molecular weight is 221 g/mol. The third-order valence-corrected chi connectivity index (χ3v) is 2.04. The van der Waals surface area contributed by atoms with Gasteiger partial charge in [-0.25, -0.2) is 0 Å². The van der Waals surface area contributed by atoms with Gasteiger partial charge in [-0.1, -0.05) is 12.1 Å². The summed E-state index contributed by atoms with van der Waals surface area (Å²) < 4.78 is 9.67. The van der Waals surface area contributed by atoms with Crippen LogP contribution in [0.25, 0.3) is 0 Å².